The molecule has 0 aliphatic carbocycles. The number of benzene rings is 22. The molecule has 0 aliphatic heterocycles. The van der Waals surface area contributed by atoms with Gasteiger partial charge in [-0.25, -0.2) is 0 Å². The van der Waals surface area contributed by atoms with Crippen molar-refractivity contribution in [1.82, 2.24) is 13.7 Å². The van der Waals surface area contributed by atoms with E-state index in [1.54, 1.807) is 0 Å². The second-order valence-corrected chi connectivity index (χ2v) is 38.1. The lowest BCUT2D eigenvalue weighted by Gasteiger charge is -2.26. The largest absolute Gasteiger partial charge is 0.452 e. The van der Waals surface area contributed by atoms with Crippen LogP contribution in [0.25, 0.3) is 226 Å². The van der Waals surface area contributed by atoms with Crippen molar-refractivity contribution in [2.75, 3.05) is 14.7 Å². The first-order valence-corrected chi connectivity index (χ1v) is 50.6. The number of fused-ring (bicyclic) bond motifs is 24. The van der Waals surface area contributed by atoms with Crippen LogP contribution in [0.15, 0.2) is 560 Å². The Morgan fingerprint density at radius 3 is 0.747 bits per heavy atom. The minimum Gasteiger partial charge on any atom is -0.452 e. The average molecular weight is 1930 g/mol. The number of aromatic nitrogens is 3. The molecule has 9 heterocycles. The summed E-state index contributed by atoms with van der Waals surface area (Å²) < 4.78 is 45.0. The van der Waals surface area contributed by atoms with E-state index >= 15 is 0 Å². The molecule has 9 aromatic heterocycles. The molecule has 0 fully saturated rings. The number of anilines is 9. The summed E-state index contributed by atoms with van der Waals surface area (Å²) in [7, 11) is 0. The van der Waals surface area contributed by atoms with Crippen LogP contribution in [-0.2, 0) is 0 Å². The fourth-order valence-electron chi connectivity index (χ4n) is 22.4. The van der Waals surface area contributed by atoms with Crippen molar-refractivity contribution in [3.8, 4) is 61.6 Å². The molecule has 0 unspecified atom stereocenters. The Morgan fingerprint density at radius 1 is 0.120 bits per heavy atom. The monoisotopic (exact) mass is 1920 g/mol. The summed E-state index contributed by atoms with van der Waals surface area (Å²) in [5.74, 6) is 0. The molecule has 0 bridgehead atoms. The summed E-state index contributed by atoms with van der Waals surface area (Å²) in [6.07, 6.45) is 0. The maximum atomic E-state index is 6.50. The zero-order valence-electron chi connectivity index (χ0n) is 80.9. The van der Waals surface area contributed by atoms with Gasteiger partial charge in [0, 0.05) is 113 Å². The number of rotatable bonds is 16. The molecule has 0 spiro atoms. The number of hydrogen-bond donors (Lipinski definition) is 0. The van der Waals surface area contributed by atoms with Crippen molar-refractivity contribution in [3.05, 3.63) is 534 Å². The fraction of sp³-hybridized carbons (Fsp3) is 0. The maximum Gasteiger partial charge on any atom is 0.181 e. The number of furan rings is 6. The second kappa shape index (κ2) is 35.9. The smallest absolute Gasteiger partial charge is 0.181 e. The summed E-state index contributed by atoms with van der Waals surface area (Å²) >= 11 is 0. The molecule has 22 aromatic carbocycles. The van der Waals surface area contributed by atoms with Gasteiger partial charge in [0.25, 0.3) is 0 Å². The van der Waals surface area contributed by atoms with E-state index in [2.05, 4.69) is 483 Å². The third-order valence-corrected chi connectivity index (χ3v) is 29.4. The van der Waals surface area contributed by atoms with Gasteiger partial charge < -0.3 is 54.9 Å². The first-order chi connectivity index (χ1) is 74.4. The van der Waals surface area contributed by atoms with Crippen molar-refractivity contribution in [2.24, 2.45) is 0 Å². The third-order valence-electron chi connectivity index (χ3n) is 29.4. The zero-order valence-corrected chi connectivity index (χ0v) is 80.9. The first-order valence-electron chi connectivity index (χ1n) is 50.6. The first kappa shape index (κ1) is 86.3. The molecule has 12 nitrogen and oxygen atoms in total. The SMILES string of the molecule is c1ccc(-c2ccc(N(c3ccc(-c4ccc5c(c4)c4ccccc4n5-c4ccccc4)cc3)c3ccc4c(c3)oc3c5ccccc5oc43)cc2)cc1.c1ccc(N(c2ccc(-c3ccc4c(c3)oc3c5ccccc5oc43)cc2)c2ccc3c(c2)c2ccccc2n3-c2ccccc2)cc1.c1ccc(N(c2cccc(-c3ccc4c(c3)c3ccccc3n4-c3ccccc3)c2)c2ccc3c(c2)oc2c4ccccc4oc32)cc1. The topological polar surface area (TPSA) is 103 Å². The highest BCUT2D eigenvalue weighted by atomic mass is 16.4. The van der Waals surface area contributed by atoms with Gasteiger partial charge in [0.2, 0.25) is 0 Å². The molecule has 0 aliphatic rings. The zero-order chi connectivity index (χ0) is 98.8. The third kappa shape index (κ3) is 14.8. The highest BCUT2D eigenvalue weighted by molar-refractivity contribution is 6.18. The molecule has 150 heavy (non-hydrogen) atoms. The lowest BCUT2D eigenvalue weighted by Crippen LogP contribution is -2.09. The quantitative estimate of drug-likeness (QED) is 0.0935. The molecule has 0 amide bonds. The summed E-state index contributed by atoms with van der Waals surface area (Å²) in [5.41, 5.74) is 39.1. The van der Waals surface area contributed by atoms with Gasteiger partial charge in [-0.1, -0.05) is 279 Å². The minimum atomic E-state index is 0.782. The van der Waals surface area contributed by atoms with E-state index < -0.39 is 0 Å². The van der Waals surface area contributed by atoms with E-state index in [0.29, 0.717) is 0 Å². The van der Waals surface area contributed by atoms with Crippen molar-refractivity contribution >= 4 is 216 Å². The van der Waals surface area contributed by atoms with E-state index in [1.165, 1.54) is 87.7 Å². The van der Waals surface area contributed by atoms with Gasteiger partial charge in [-0.3, -0.25) is 0 Å². The van der Waals surface area contributed by atoms with Crippen molar-refractivity contribution in [2.45, 2.75) is 0 Å². The Kier molecular flexibility index (Phi) is 20.7. The lowest BCUT2D eigenvalue weighted by molar-refractivity contribution is 0.653. The van der Waals surface area contributed by atoms with Crippen LogP contribution in [-0.4, -0.2) is 13.7 Å². The lowest BCUT2D eigenvalue weighted by atomic mass is 10.0. The summed E-state index contributed by atoms with van der Waals surface area (Å²) in [6, 6.07) is 188. The van der Waals surface area contributed by atoms with E-state index in [1.807, 2.05) is 78.9 Å². The molecule has 0 radical (unpaired) electrons. The van der Waals surface area contributed by atoms with Gasteiger partial charge in [-0.15, -0.1) is 0 Å². The predicted octanol–water partition coefficient (Wildman–Crippen LogP) is 39.4. The summed E-state index contributed by atoms with van der Waals surface area (Å²) in [4.78, 5) is 6.90. The normalized spacial score (nSPS) is 11.7. The molecule has 706 valence electrons. The van der Waals surface area contributed by atoms with Crippen molar-refractivity contribution in [3.63, 3.8) is 0 Å². The van der Waals surface area contributed by atoms with E-state index in [4.69, 9.17) is 26.5 Å². The molecule has 0 N–H and O–H groups in total. The summed E-state index contributed by atoms with van der Waals surface area (Å²) in [5, 5.41) is 13.3. The minimum absolute atomic E-state index is 0.782. The van der Waals surface area contributed by atoms with Crippen LogP contribution in [0.4, 0.5) is 51.2 Å². The fourth-order valence-corrected chi connectivity index (χ4v) is 22.4. The van der Waals surface area contributed by atoms with Gasteiger partial charge in [0.05, 0.1) is 65.4 Å². The Balaban J connectivity index is 0.000000106. The average Bonchev–Trinajstić information content (AvgIpc) is 1.56. The number of nitrogens with zero attached hydrogens (tertiary/aromatic N) is 6. The predicted molar refractivity (Wildman–Crippen MR) is 619 cm³/mol. The molecule has 12 heteroatoms. The summed E-state index contributed by atoms with van der Waals surface area (Å²) in [6.45, 7) is 0. The molecule has 0 saturated carbocycles. The van der Waals surface area contributed by atoms with Crippen LogP contribution in [0.3, 0.4) is 0 Å². The van der Waals surface area contributed by atoms with Gasteiger partial charge in [0.1, 0.15) is 33.5 Å². The van der Waals surface area contributed by atoms with Crippen molar-refractivity contribution in [1.29, 1.82) is 0 Å². The van der Waals surface area contributed by atoms with Crippen molar-refractivity contribution < 1.29 is 26.5 Å². The highest BCUT2D eigenvalue weighted by Gasteiger charge is 2.27. The molecular weight excluding hydrogens is 1840 g/mol. The van der Waals surface area contributed by atoms with Gasteiger partial charge in [-0.05, 0) is 287 Å². The van der Waals surface area contributed by atoms with E-state index in [9.17, 15) is 0 Å². The van der Waals surface area contributed by atoms with Crippen LogP contribution >= 0.6 is 0 Å². The van der Waals surface area contributed by atoms with Crippen LogP contribution in [0.5, 0.6) is 0 Å². The molecule has 31 rings (SSSR count). The molecule has 0 atom stereocenters. The maximum absolute atomic E-state index is 6.50. The standard InChI is InChI=1S/C50H32N2O2.2C44H28N2O2/c1-3-11-33(12-4-1)34-19-24-38(25-20-34)51(40-28-29-43-48(32-40)54-49-42-16-8-10-18-47(42)53-50(43)49)39-26-21-35(22-27-39)36-23-30-46-44(31-36)41-15-7-9-17-45(41)52(46)37-13-5-2-6-14-37;1-3-13-31(14-4-1)45(34-23-24-37-42(28-34)48-43-36-19-8-10-21-41(36)47-44(37)43)33-17-11-12-29(26-33)30-22-25-40-38(27-30)35-18-7-9-20-39(35)46(40)32-15-5-2-6-16-32;1-3-11-31(12-4-1)45(34-24-26-40-38(28-34)35-15-7-9-17-39(35)46(40)32-13-5-2-6-14-32)33-22-19-29(20-23-33)30-21-25-37-42(27-30)48-43-36-16-8-10-18-41(36)47-44(37)43/h1-32H;2*1-28H. The Hall–Kier alpha value is -20.3. The Morgan fingerprint density at radius 2 is 0.340 bits per heavy atom. The number of hydrogen-bond acceptors (Lipinski definition) is 9. The van der Waals surface area contributed by atoms with Gasteiger partial charge in [-0.2, -0.15) is 0 Å². The van der Waals surface area contributed by atoms with E-state index in [0.717, 1.165) is 190 Å². The van der Waals surface area contributed by atoms with Crippen LogP contribution in [0.2, 0.25) is 0 Å². The molecular formula is C138H88N6O6. The van der Waals surface area contributed by atoms with Gasteiger partial charge >= 0.3 is 0 Å². The van der Waals surface area contributed by atoms with Crippen LogP contribution in [0.1, 0.15) is 0 Å². The highest BCUT2D eigenvalue weighted by Crippen LogP contribution is 2.50. The Labute approximate surface area is 860 Å². The second-order valence-electron chi connectivity index (χ2n) is 38.1. The van der Waals surface area contributed by atoms with Crippen LogP contribution in [0, 0.1) is 0 Å². The van der Waals surface area contributed by atoms with Gasteiger partial charge in [0.15, 0.2) is 33.5 Å². The Bertz CT molecular complexity index is 10600. The van der Waals surface area contributed by atoms with Crippen LogP contribution < -0.4 is 14.7 Å². The number of para-hydroxylation sites is 11. The molecule has 0 saturated heterocycles. The van der Waals surface area contributed by atoms with E-state index in [-0.39, 0.29) is 0 Å². The molecule has 31 aromatic rings.